The van der Waals surface area contributed by atoms with Gasteiger partial charge in [0.1, 0.15) is 0 Å². The molecule has 4 nitrogen and oxygen atoms in total. The Morgan fingerprint density at radius 1 is 1.50 bits per heavy atom. The average Bonchev–Trinajstić information content (AvgIpc) is 2.82. The molecule has 1 aliphatic rings. The van der Waals surface area contributed by atoms with E-state index in [1.165, 1.54) is 18.7 Å². The molecular weight excluding hydrogens is 200 g/mol. The second-order valence-corrected chi connectivity index (χ2v) is 4.66. The molecule has 2 unspecified atom stereocenters. The molecule has 0 radical (unpaired) electrons. The summed E-state index contributed by atoms with van der Waals surface area (Å²) in [5, 5.41) is 7.75. The van der Waals surface area contributed by atoms with E-state index in [0.29, 0.717) is 12.0 Å². The van der Waals surface area contributed by atoms with Crippen LogP contribution in [0.15, 0.2) is 12.3 Å². The maximum Gasteiger partial charge on any atom is 0.0555 e. The second-order valence-electron chi connectivity index (χ2n) is 4.66. The quantitative estimate of drug-likeness (QED) is 0.826. The lowest BCUT2D eigenvalue weighted by molar-refractivity contribution is 0.260. The summed E-state index contributed by atoms with van der Waals surface area (Å²) in [6.45, 7) is 5.51. The molecule has 4 heteroatoms. The largest absolute Gasteiger partial charge is 0.317 e. The number of rotatable bonds is 4. The average molecular weight is 222 g/mol. The van der Waals surface area contributed by atoms with E-state index in [1.54, 1.807) is 0 Å². The summed E-state index contributed by atoms with van der Waals surface area (Å²) in [6.07, 6.45) is 3.17. The highest BCUT2D eigenvalue weighted by Crippen LogP contribution is 2.35. The molecule has 0 amide bonds. The summed E-state index contributed by atoms with van der Waals surface area (Å²) >= 11 is 0. The lowest BCUT2D eigenvalue weighted by Gasteiger charge is -2.25. The van der Waals surface area contributed by atoms with Gasteiger partial charge < -0.3 is 5.32 Å². The zero-order valence-electron chi connectivity index (χ0n) is 10.5. The van der Waals surface area contributed by atoms with Crippen molar-refractivity contribution < 1.29 is 0 Å². The molecular formula is C12H22N4. The van der Waals surface area contributed by atoms with Gasteiger partial charge in [-0.3, -0.25) is 9.58 Å². The standard InChI is InChI=1S/C12H22N4/c1-4-13-9-10-6-8-15(2)12(10)11-5-7-14-16(11)3/h5,7,10,12-13H,4,6,8-9H2,1-3H3. The highest BCUT2D eigenvalue weighted by Gasteiger charge is 2.34. The molecule has 2 atom stereocenters. The maximum atomic E-state index is 4.28. The normalized spacial score (nSPS) is 26.4. The topological polar surface area (TPSA) is 33.1 Å². The summed E-state index contributed by atoms with van der Waals surface area (Å²) in [5.74, 6) is 0.709. The van der Waals surface area contributed by atoms with Crippen molar-refractivity contribution in [2.75, 3.05) is 26.7 Å². The van der Waals surface area contributed by atoms with E-state index in [0.717, 1.165) is 13.1 Å². The third kappa shape index (κ3) is 2.13. The summed E-state index contributed by atoms with van der Waals surface area (Å²) in [7, 11) is 4.25. The fraction of sp³-hybridized carbons (Fsp3) is 0.750. The Morgan fingerprint density at radius 3 is 2.94 bits per heavy atom. The number of nitrogens with one attached hydrogen (secondary N) is 1. The predicted molar refractivity (Wildman–Crippen MR) is 65.2 cm³/mol. The monoisotopic (exact) mass is 222 g/mol. The van der Waals surface area contributed by atoms with Crippen LogP contribution >= 0.6 is 0 Å². The molecule has 1 aromatic heterocycles. The van der Waals surface area contributed by atoms with Crippen molar-refractivity contribution in [3.05, 3.63) is 18.0 Å². The van der Waals surface area contributed by atoms with Gasteiger partial charge in [0.05, 0.1) is 11.7 Å². The van der Waals surface area contributed by atoms with Gasteiger partial charge in [-0.25, -0.2) is 0 Å². The lowest BCUT2D eigenvalue weighted by Crippen LogP contribution is -2.29. The Labute approximate surface area is 97.6 Å². The zero-order chi connectivity index (χ0) is 11.5. The van der Waals surface area contributed by atoms with Crippen LogP contribution in [0.1, 0.15) is 25.1 Å². The number of likely N-dealkylation sites (tertiary alicyclic amines) is 1. The first-order chi connectivity index (χ1) is 7.74. The molecule has 1 saturated heterocycles. The number of aryl methyl sites for hydroxylation is 1. The molecule has 0 spiro atoms. The van der Waals surface area contributed by atoms with Gasteiger partial charge in [0, 0.05) is 13.2 Å². The van der Waals surface area contributed by atoms with Gasteiger partial charge in [-0.1, -0.05) is 6.92 Å². The van der Waals surface area contributed by atoms with Gasteiger partial charge >= 0.3 is 0 Å². The van der Waals surface area contributed by atoms with Crippen molar-refractivity contribution in [3.8, 4) is 0 Å². The van der Waals surface area contributed by atoms with E-state index in [4.69, 9.17) is 0 Å². The van der Waals surface area contributed by atoms with Crippen molar-refractivity contribution in [1.82, 2.24) is 20.0 Å². The Morgan fingerprint density at radius 2 is 2.31 bits per heavy atom. The Hall–Kier alpha value is -0.870. The van der Waals surface area contributed by atoms with Gasteiger partial charge in [0.2, 0.25) is 0 Å². The number of hydrogen-bond acceptors (Lipinski definition) is 3. The Kier molecular flexibility index (Phi) is 3.61. The van der Waals surface area contributed by atoms with Crippen LogP contribution in [-0.4, -0.2) is 41.4 Å². The molecule has 2 rings (SSSR count). The van der Waals surface area contributed by atoms with Gasteiger partial charge in [0.25, 0.3) is 0 Å². The molecule has 1 aliphatic heterocycles. The molecule has 1 fully saturated rings. The molecule has 16 heavy (non-hydrogen) atoms. The third-order valence-corrected chi connectivity index (χ3v) is 3.59. The van der Waals surface area contributed by atoms with Crippen LogP contribution in [0.3, 0.4) is 0 Å². The predicted octanol–water partition coefficient (Wildman–Crippen LogP) is 1.02. The highest BCUT2D eigenvalue weighted by molar-refractivity contribution is 5.11. The minimum absolute atomic E-state index is 0.520. The lowest BCUT2D eigenvalue weighted by atomic mass is 9.97. The smallest absolute Gasteiger partial charge is 0.0555 e. The van der Waals surface area contributed by atoms with Crippen molar-refractivity contribution in [3.63, 3.8) is 0 Å². The first-order valence-corrected chi connectivity index (χ1v) is 6.13. The van der Waals surface area contributed by atoms with Crippen LogP contribution in [0, 0.1) is 5.92 Å². The van der Waals surface area contributed by atoms with Gasteiger partial charge in [0.15, 0.2) is 0 Å². The highest BCUT2D eigenvalue weighted by atomic mass is 15.3. The number of aromatic nitrogens is 2. The molecule has 90 valence electrons. The van der Waals surface area contributed by atoms with E-state index in [1.807, 2.05) is 17.9 Å². The SMILES string of the molecule is CCNCC1CCN(C)C1c1ccnn1C. The van der Waals surface area contributed by atoms with E-state index >= 15 is 0 Å². The molecule has 0 saturated carbocycles. The van der Waals surface area contributed by atoms with Crippen molar-refractivity contribution in [2.45, 2.75) is 19.4 Å². The molecule has 0 aromatic carbocycles. The number of nitrogens with zero attached hydrogens (tertiary/aromatic N) is 3. The molecule has 1 aromatic rings. The molecule has 0 bridgehead atoms. The van der Waals surface area contributed by atoms with Crippen LogP contribution in [-0.2, 0) is 7.05 Å². The molecule has 2 heterocycles. The van der Waals surface area contributed by atoms with Crippen LogP contribution in [0.2, 0.25) is 0 Å². The number of hydrogen-bond donors (Lipinski definition) is 1. The minimum Gasteiger partial charge on any atom is -0.317 e. The fourth-order valence-electron chi connectivity index (χ4n) is 2.71. The Bertz CT molecular complexity index is 334. The van der Waals surface area contributed by atoms with E-state index in [9.17, 15) is 0 Å². The molecule has 0 aliphatic carbocycles. The summed E-state index contributed by atoms with van der Waals surface area (Å²) in [6, 6.07) is 2.66. The van der Waals surface area contributed by atoms with Crippen molar-refractivity contribution in [2.24, 2.45) is 13.0 Å². The van der Waals surface area contributed by atoms with Crippen molar-refractivity contribution >= 4 is 0 Å². The van der Waals surface area contributed by atoms with Gasteiger partial charge in [-0.15, -0.1) is 0 Å². The van der Waals surface area contributed by atoms with Gasteiger partial charge in [-0.05, 0) is 45.1 Å². The summed E-state index contributed by atoms with van der Waals surface area (Å²) in [4.78, 5) is 2.44. The first kappa shape index (κ1) is 11.6. The fourth-order valence-corrected chi connectivity index (χ4v) is 2.71. The summed E-state index contributed by atoms with van der Waals surface area (Å²) in [5.41, 5.74) is 1.34. The first-order valence-electron chi connectivity index (χ1n) is 6.13. The second kappa shape index (κ2) is 4.97. The van der Waals surface area contributed by atoms with Crippen LogP contribution in [0.25, 0.3) is 0 Å². The van der Waals surface area contributed by atoms with Crippen molar-refractivity contribution in [1.29, 1.82) is 0 Å². The van der Waals surface area contributed by atoms with Crippen LogP contribution < -0.4 is 5.32 Å². The van der Waals surface area contributed by atoms with E-state index in [-0.39, 0.29) is 0 Å². The zero-order valence-corrected chi connectivity index (χ0v) is 10.5. The van der Waals surface area contributed by atoms with Gasteiger partial charge in [-0.2, -0.15) is 5.10 Å². The van der Waals surface area contributed by atoms with E-state index in [2.05, 4.69) is 35.4 Å². The maximum absolute atomic E-state index is 4.28. The Balaban J connectivity index is 2.13. The molecule has 1 N–H and O–H groups in total. The minimum atomic E-state index is 0.520. The van der Waals surface area contributed by atoms with Crippen LogP contribution in [0.4, 0.5) is 0 Å². The van der Waals surface area contributed by atoms with E-state index < -0.39 is 0 Å². The van der Waals surface area contributed by atoms with Crippen LogP contribution in [0.5, 0.6) is 0 Å². The summed E-state index contributed by atoms with van der Waals surface area (Å²) < 4.78 is 2.01. The third-order valence-electron chi connectivity index (χ3n) is 3.59.